The molecule has 3 rings (SSSR count). The first-order valence-electron chi connectivity index (χ1n) is 6.57. The van der Waals surface area contributed by atoms with E-state index >= 15 is 0 Å². The number of para-hydroxylation sites is 1. The summed E-state index contributed by atoms with van der Waals surface area (Å²) in [6.07, 6.45) is 2.22. The Morgan fingerprint density at radius 2 is 1.32 bits per heavy atom. The van der Waals surface area contributed by atoms with Gasteiger partial charge in [-0.25, -0.2) is 0 Å². The van der Waals surface area contributed by atoms with Crippen LogP contribution in [0.2, 0.25) is 0 Å². The number of hydrogen-bond donors (Lipinski definition) is 0. The highest BCUT2D eigenvalue weighted by Crippen LogP contribution is 2.30. The molecule has 0 aliphatic rings. The van der Waals surface area contributed by atoms with Gasteiger partial charge in [0.1, 0.15) is 0 Å². The first-order chi connectivity index (χ1) is 9.27. The molecule has 0 aliphatic heterocycles. The third kappa shape index (κ3) is 2.08. The number of benzene rings is 2. The van der Waals surface area contributed by atoms with Gasteiger partial charge in [0, 0.05) is 11.9 Å². The van der Waals surface area contributed by atoms with Crippen molar-refractivity contribution in [3.8, 4) is 16.9 Å². The van der Waals surface area contributed by atoms with Crippen molar-refractivity contribution in [2.24, 2.45) is 0 Å². The minimum absolute atomic E-state index is 1.21. The summed E-state index contributed by atoms with van der Waals surface area (Å²) in [4.78, 5) is 0. The molecule has 3 aromatic rings. The minimum Gasteiger partial charge on any atom is -0.316 e. The van der Waals surface area contributed by atoms with Crippen LogP contribution in [0.25, 0.3) is 16.9 Å². The van der Waals surface area contributed by atoms with Gasteiger partial charge in [0.2, 0.25) is 0 Å². The zero-order chi connectivity index (χ0) is 13.2. The molecular formula is C18H17N. The monoisotopic (exact) mass is 247 g/mol. The Kier molecular flexibility index (Phi) is 2.96. The van der Waals surface area contributed by atoms with Gasteiger partial charge in [-0.3, -0.25) is 0 Å². The van der Waals surface area contributed by atoms with Crippen LogP contribution < -0.4 is 0 Å². The van der Waals surface area contributed by atoms with E-state index in [4.69, 9.17) is 0 Å². The lowest BCUT2D eigenvalue weighted by molar-refractivity contribution is 1.08. The van der Waals surface area contributed by atoms with E-state index in [0.717, 1.165) is 0 Å². The summed E-state index contributed by atoms with van der Waals surface area (Å²) in [5.74, 6) is 0. The number of rotatable bonds is 2. The maximum Gasteiger partial charge on any atom is 0.0560 e. The second-order valence-electron chi connectivity index (χ2n) is 4.86. The summed E-state index contributed by atoms with van der Waals surface area (Å²) in [7, 11) is 0. The molecule has 0 radical (unpaired) electrons. The summed E-state index contributed by atoms with van der Waals surface area (Å²) in [6.45, 7) is 4.36. The Balaban J connectivity index is 2.25. The molecule has 1 heteroatoms. The fourth-order valence-corrected chi connectivity index (χ4v) is 2.47. The van der Waals surface area contributed by atoms with E-state index in [9.17, 15) is 0 Å². The second kappa shape index (κ2) is 4.77. The molecule has 0 saturated carbocycles. The van der Waals surface area contributed by atoms with Gasteiger partial charge in [-0.2, -0.15) is 0 Å². The van der Waals surface area contributed by atoms with Gasteiger partial charge in [0.15, 0.2) is 0 Å². The first kappa shape index (κ1) is 11.8. The Morgan fingerprint density at radius 1 is 0.737 bits per heavy atom. The zero-order valence-corrected chi connectivity index (χ0v) is 11.3. The van der Waals surface area contributed by atoms with Crippen LogP contribution >= 0.6 is 0 Å². The van der Waals surface area contributed by atoms with Gasteiger partial charge in [-0.15, -0.1) is 0 Å². The zero-order valence-electron chi connectivity index (χ0n) is 11.3. The lowest BCUT2D eigenvalue weighted by Gasteiger charge is -2.10. The normalized spacial score (nSPS) is 10.6. The van der Waals surface area contributed by atoms with E-state index in [-0.39, 0.29) is 0 Å². The molecule has 0 aliphatic carbocycles. The van der Waals surface area contributed by atoms with Crippen molar-refractivity contribution in [2.45, 2.75) is 13.8 Å². The van der Waals surface area contributed by atoms with E-state index in [1.807, 2.05) is 0 Å². The Morgan fingerprint density at radius 3 is 1.95 bits per heavy atom. The molecule has 2 aromatic carbocycles. The molecule has 19 heavy (non-hydrogen) atoms. The van der Waals surface area contributed by atoms with Crippen LogP contribution in [0.1, 0.15) is 11.1 Å². The fraction of sp³-hybridized carbons (Fsp3) is 0.111. The number of aromatic nitrogens is 1. The molecule has 0 bridgehead atoms. The van der Waals surface area contributed by atoms with Crippen molar-refractivity contribution in [2.75, 3.05) is 0 Å². The molecular weight excluding hydrogens is 230 g/mol. The van der Waals surface area contributed by atoms with E-state index in [1.54, 1.807) is 0 Å². The maximum absolute atomic E-state index is 2.28. The molecule has 0 saturated heterocycles. The number of nitrogens with zero attached hydrogens (tertiary/aromatic N) is 1. The minimum atomic E-state index is 1.21. The fourth-order valence-electron chi connectivity index (χ4n) is 2.47. The van der Waals surface area contributed by atoms with Gasteiger partial charge in [0.25, 0.3) is 0 Å². The van der Waals surface area contributed by atoms with Crippen LogP contribution in [0, 0.1) is 13.8 Å². The standard InChI is InChI=1S/C18H17N/c1-14-13-19(17-11-7-4-8-12-17)18(15(14)2)16-9-5-3-6-10-16/h3-13H,1-2H3. The van der Waals surface area contributed by atoms with Crippen molar-refractivity contribution < 1.29 is 0 Å². The van der Waals surface area contributed by atoms with Gasteiger partial charge >= 0.3 is 0 Å². The van der Waals surface area contributed by atoms with Gasteiger partial charge in [-0.05, 0) is 42.7 Å². The third-order valence-electron chi connectivity index (χ3n) is 3.59. The Hall–Kier alpha value is -2.28. The van der Waals surface area contributed by atoms with Crippen molar-refractivity contribution in [1.29, 1.82) is 0 Å². The van der Waals surface area contributed by atoms with Crippen LogP contribution in [0.3, 0.4) is 0 Å². The average Bonchev–Trinajstić information content (AvgIpc) is 2.77. The van der Waals surface area contributed by atoms with E-state index < -0.39 is 0 Å². The maximum atomic E-state index is 2.28. The molecule has 0 unspecified atom stereocenters. The van der Waals surface area contributed by atoms with Gasteiger partial charge < -0.3 is 4.57 Å². The third-order valence-corrected chi connectivity index (χ3v) is 3.59. The van der Waals surface area contributed by atoms with E-state index in [1.165, 1.54) is 28.1 Å². The molecule has 1 nitrogen and oxygen atoms in total. The molecule has 0 amide bonds. The number of hydrogen-bond acceptors (Lipinski definition) is 0. The molecule has 1 aromatic heterocycles. The highest BCUT2D eigenvalue weighted by Gasteiger charge is 2.12. The molecule has 0 N–H and O–H groups in total. The molecule has 0 fully saturated rings. The summed E-state index contributed by atoms with van der Waals surface area (Å²) in [5.41, 5.74) is 6.41. The predicted octanol–water partition coefficient (Wildman–Crippen LogP) is 4.76. The molecule has 94 valence electrons. The Bertz CT molecular complexity index is 678. The molecule has 0 spiro atoms. The van der Waals surface area contributed by atoms with Crippen LogP contribution in [0.4, 0.5) is 0 Å². The quantitative estimate of drug-likeness (QED) is 0.615. The second-order valence-corrected chi connectivity index (χ2v) is 4.86. The average molecular weight is 247 g/mol. The van der Waals surface area contributed by atoms with Crippen LogP contribution in [-0.2, 0) is 0 Å². The smallest absolute Gasteiger partial charge is 0.0560 e. The highest BCUT2D eigenvalue weighted by atomic mass is 15.0. The van der Waals surface area contributed by atoms with Crippen LogP contribution in [0.5, 0.6) is 0 Å². The van der Waals surface area contributed by atoms with Crippen molar-refractivity contribution in [1.82, 2.24) is 4.57 Å². The van der Waals surface area contributed by atoms with Crippen molar-refractivity contribution in [3.63, 3.8) is 0 Å². The highest BCUT2D eigenvalue weighted by molar-refractivity contribution is 5.68. The first-order valence-corrected chi connectivity index (χ1v) is 6.57. The summed E-state index contributed by atoms with van der Waals surface area (Å²) in [6, 6.07) is 21.1. The SMILES string of the molecule is Cc1cn(-c2ccccc2)c(-c2ccccc2)c1C. The van der Waals surface area contributed by atoms with E-state index in [0.29, 0.717) is 0 Å². The Labute approximate surface area is 114 Å². The lowest BCUT2D eigenvalue weighted by atomic mass is 10.1. The van der Waals surface area contributed by atoms with E-state index in [2.05, 4.69) is 85.3 Å². The summed E-state index contributed by atoms with van der Waals surface area (Å²) in [5, 5.41) is 0. The molecule has 0 atom stereocenters. The number of aryl methyl sites for hydroxylation is 1. The summed E-state index contributed by atoms with van der Waals surface area (Å²) < 4.78 is 2.28. The van der Waals surface area contributed by atoms with Gasteiger partial charge in [-0.1, -0.05) is 48.5 Å². The largest absolute Gasteiger partial charge is 0.316 e. The lowest BCUT2D eigenvalue weighted by Crippen LogP contribution is -1.95. The van der Waals surface area contributed by atoms with Crippen LogP contribution in [-0.4, -0.2) is 4.57 Å². The van der Waals surface area contributed by atoms with Gasteiger partial charge in [0.05, 0.1) is 5.69 Å². The van der Waals surface area contributed by atoms with Crippen molar-refractivity contribution in [3.05, 3.63) is 78.0 Å². The molecule has 1 heterocycles. The predicted molar refractivity (Wildman–Crippen MR) is 80.7 cm³/mol. The van der Waals surface area contributed by atoms with Crippen molar-refractivity contribution >= 4 is 0 Å². The topological polar surface area (TPSA) is 4.93 Å². The van der Waals surface area contributed by atoms with Crippen LogP contribution in [0.15, 0.2) is 66.9 Å². The summed E-state index contributed by atoms with van der Waals surface area (Å²) >= 11 is 0.